The van der Waals surface area contributed by atoms with E-state index in [1.165, 1.54) is 6.92 Å². The van der Waals surface area contributed by atoms with Crippen molar-refractivity contribution < 1.29 is 14.4 Å². The predicted octanol–water partition coefficient (Wildman–Crippen LogP) is 2.64. The van der Waals surface area contributed by atoms with Gasteiger partial charge in [0.25, 0.3) is 0 Å². The van der Waals surface area contributed by atoms with Gasteiger partial charge in [0, 0.05) is 19.2 Å². The number of unbranched alkanes of at least 4 members (excludes halogenated alkanes) is 1. The number of amides is 1. The van der Waals surface area contributed by atoms with Crippen molar-refractivity contribution in [3.8, 4) is 0 Å². The number of carbonyl (C=O) groups excluding carboxylic acids is 3. The van der Waals surface area contributed by atoms with E-state index in [4.69, 9.17) is 0 Å². The number of rotatable bonds is 9. The lowest BCUT2D eigenvalue weighted by atomic mass is 10.1. The first-order valence-corrected chi connectivity index (χ1v) is 7.72. The van der Waals surface area contributed by atoms with Crippen LogP contribution in [0.25, 0.3) is 0 Å². The summed E-state index contributed by atoms with van der Waals surface area (Å²) in [5.41, 5.74) is 0.591. The molecule has 0 bridgehead atoms. The standard InChI is InChI=1S/C15H23NO3S/c1-4-5-6-7-8-12(2)14(18)11-15(19)20-10-9-16-13(3)17/h6-8H,4-5,9-11H2,1-3H3,(H,16,17)/b7-6+,12-8+. The first-order valence-electron chi connectivity index (χ1n) is 6.74. The van der Waals surface area contributed by atoms with E-state index in [9.17, 15) is 14.4 Å². The van der Waals surface area contributed by atoms with Gasteiger partial charge in [-0.3, -0.25) is 14.4 Å². The molecule has 0 spiro atoms. The summed E-state index contributed by atoms with van der Waals surface area (Å²) < 4.78 is 0. The quantitative estimate of drug-likeness (QED) is 0.307. The van der Waals surface area contributed by atoms with Crippen LogP contribution in [-0.4, -0.2) is 29.1 Å². The molecule has 5 heteroatoms. The summed E-state index contributed by atoms with van der Waals surface area (Å²) in [5, 5.41) is 2.44. The number of thioether (sulfide) groups is 1. The van der Waals surface area contributed by atoms with E-state index < -0.39 is 0 Å². The van der Waals surface area contributed by atoms with Gasteiger partial charge in [0.15, 0.2) is 10.9 Å². The fourth-order valence-corrected chi connectivity index (χ4v) is 1.95. The van der Waals surface area contributed by atoms with Gasteiger partial charge in [0.2, 0.25) is 5.91 Å². The highest BCUT2D eigenvalue weighted by molar-refractivity contribution is 8.13. The SMILES string of the molecule is CCC/C=C/C=C(\C)C(=O)CC(=O)SCCNC(C)=O. The molecule has 112 valence electrons. The molecular formula is C15H23NO3S. The summed E-state index contributed by atoms with van der Waals surface area (Å²) in [7, 11) is 0. The maximum atomic E-state index is 11.8. The number of allylic oxidation sites excluding steroid dienone is 4. The van der Waals surface area contributed by atoms with Crippen LogP contribution in [0, 0.1) is 0 Å². The van der Waals surface area contributed by atoms with Crippen LogP contribution < -0.4 is 5.32 Å². The highest BCUT2D eigenvalue weighted by Gasteiger charge is 2.11. The highest BCUT2D eigenvalue weighted by atomic mass is 32.2. The third-order valence-electron chi connectivity index (χ3n) is 2.42. The van der Waals surface area contributed by atoms with E-state index in [0.717, 1.165) is 24.6 Å². The zero-order valence-corrected chi connectivity index (χ0v) is 13.2. The summed E-state index contributed by atoms with van der Waals surface area (Å²) in [6.07, 6.45) is 7.56. The minimum absolute atomic E-state index is 0.0886. The smallest absolute Gasteiger partial charge is 0.216 e. The van der Waals surface area contributed by atoms with E-state index in [1.807, 2.05) is 12.2 Å². The molecule has 0 radical (unpaired) electrons. The molecular weight excluding hydrogens is 274 g/mol. The Morgan fingerprint density at radius 1 is 1.20 bits per heavy atom. The highest BCUT2D eigenvalue weighted by Crippen LogP contribution is 2.09. The van der Waals surface area contributed by atoms with Crippen LogP contribution in [-0.2, 0) is 14.4 Å². The van der Waals surface area contributed by atoms with Crippen LogP contribution in [0.5, 0.6) is 0 Å². The molecule has 0 rings (SSSR count). The first-order chi connectivity index (χ1) is 9.47. The van der Waals surface area contributed by atoms with Crippen molar-refractivity contribution in [1.82, 2.24) is 5.32 Å². The van der Waals surface area contributed by atoms with Gasteiger partial charge in [-0.1, -0.05) is 43.3 Å². The van der Waals surface area contributed by atoms with Crippen molar-refractivity contribution in [3.63, 3.8) is 0 Å². The van der Waals surface area contributed by atoms with Gasteiger partial charge in [-0.2, -0.15) is 0 Å². The molecule has 1 amide bonds. The first kappa shape index (κ1) is 18.6. The molecule has 20 heavy (non-hydrogen) atoms. The van der Waals surface area contributed by atoms with E-state index in [2.05, 4.69) is 12.2 Å². The van der Waals surface area contributed by atoms with E-state index >= 15 is 0 Å². The van der Waals surface area contributed by atoms with Crippen molar-refractivity contribution in [3.05, 3.63) is 23.8 Å². The average Bonchev–Trinajstić information content (AvgIpc) is 2.39. The third-order valence-corrected chi connectivity index (χ3v) is 3.30. The van der Waals surface area contributed by atoms with Crippen LogP contribution in [0.3, 0.4) is 0 Å². The predicted molar refractivity (Wildman–Crippen MR) is 83.6 cm³/mol. The van der Waals surface area contributed by atoms with Gasteiger partial charge in [0.05, 0.1) is 6.42 Å². The molecule has 0 aromatic rings. The molecule has 0 fully saturated rings. The molecule has 0 aromatic heterocycles. The van der Waals surface area contributed by atoms with Crippen molar-refractivity contribution in [2.24, 2.45) is 0 Å². The molecule has 4 nitrogen and oxygen atoms in total. The Kier molecular flexibility index (Phi) is 10.7. The zero-order valence-electron chi connectivity index (χ0n) is 12.4. The molecule has 0 aliphatic rings. The van der Waals surface area contributed by atoms with Gasteiger partial charge < -0.3 is 5.32 Å². The van der Waals surface area contributed by atoms with E-state index in [-0.39, 0.29) is 23.2 Å². The Morgan fingerprint density at radius 3 is 2.50 bits per heavy atom. The van der Waals surface area contributed by atoms with Gasteiger partial charge >= 0.3 is 0 Å². The van der Waals surface area contributed by atoms with Crippen molar-refractivity contribution in [2.45, 2.75) is 40.0 Å². The average molecular weight is 297 g/mol. The summed E-state index contributed by atoms with van der Waals surface area (Å²) in [6.45, 7) is 5.67. The monoisotopic (exact) mass is 297 g/mol. The minimum Gasteiger partial charge on any atom is -0.356 e. The molecule has 0 heterocycles. The largest absolute Gasteiger partial charge is 0.356 e. The molecule has 0 aliphatic heterocycles. The number of ketones is 1. The minimum atomic E-state index is -0.161. The Bertz CT molecular complexity index is 400. The molecule has 0 atom stereocenters. The van der Waals surface area contributed by atoms with E-state index in [1.54, 1.807) is 13.0 Å². The third kappa shape index (κ3) is 10.6. The topological polar surface area (TPSA) is 63.2 Å². The van der Waals surface area contributed by atoms with Gasteiger partial charge in [-0.15, -0.1) is 0 Å². The van der Waals surface area contributed by atoms with Gasteiger partial charge in [-0.25, -0.2) is 0 Å². The molecule has 0 aromatic carbocycles. The van der Waals surface area contributed by atoms with Crippen LogP contribution in [0.1, 0.15) is 40.0 Å². The summed E-state index contributed by atoms with van der Waals surface area (Å²) >= 11 is 1.08. The summed E-state index contributed by atoms with van der Waals surface area (Å²) in [5.74, 6) is 0.222. The van der Waals surface area contributed by atoms with Crippen LogP contribution in [0.15, 0.2) is 23.8 Å². The number of carbonyl (C=O) groups is 3. The number of nitrogens with one attached hydrogen (secondary N) is 1. The molecule has 0 saturated heterocycles. The summed E-state index contributed by atoms with van der Waals surface area (Å²) in [4.78, 5) is 33.9. The molecule has 0 unspecified atom stereocenters. The van der Waals surface area contributed by atoms with E-state index in [0.29, 0.717) is 17.9 Å². The Hall–Kier alpha value is -1.36. The lowest BCUT2D eigenvalue weighted by Gasteiger charge is -2.02. The second kappa shape index (κ2) is 11.5. The summed E-state index contributed by atoms with van der Waals surface area (Å²) in [6, 6.07) is 0. The second-order valence-corrected chi connectivity index (χ2v) is 5.52. The van der Waals surface area contributed by atoms with Gasteiger partial charge in [0.1, 0.15) is 0 Å². The van der Waals surface area contributed by atoms with Crippen LogP contribution in [0.4, 0.5) is 0 Å². The van der Waals surface area contributed by atoms with Crippen molar-refractivity contribution in [2.75, 3.05) is 12.3 Å². The maximum absolute atomic E-state index is 11.8. The molecule has 0 saturated carbocycles. The van der Waals surface area contributed by atoms with Crippen LogP contribution >= 0.6 is 11.8 Å². The number of hydrogen-bond donors (Lipinski definition) is 1. The number of hydrogen-bond acceptors (Lipinski definition) is 4. The maximum Gasteiger partial charge on any atom is 0.216 e. The second-order valence-electron chi connectivity index (χ2n) is 4.37. The zero-order chi connectivity index (χ0) is 15.4. The Balaban J connectivity index is 3.99. The Morgan fingerprint density at radius 2 is 1.90 bits per heavy atom. The molecule has 0 aliphatic carbocycles. The Labute approximate surface area is 125 Å². The molecule has 1 N–H and O–H groups in total. The fraction of sp³-hybridized carbons (Fsp3) is 0.533. The van der Waals surface area contributed by atoms with Crippen molar-refractivity contribution in [1.29, 1.82) is 0 Å². The lowest BCUT2D eigenvalue weighted by Crippen LogP contribution is -2.23. The normalized spacial score (nSPS) is 11.7. The van der Waals surface area contributed by atoms with Gasteiger partial charge in [-0.05, 0) is 18.9 Å². The van der Waals surface area contributed by atoms with Crippen molar-refractivity contribution >= 4 is 28.6 Å². The van der Waals surface area contributed by atoms with Crippen LogP contribution in [0.2, 0.25) is 0 Å². The lowest BCUT2D eigenvalue weighted by molar-refractivity contribution is -0.121. The fourth-order valence-electron chi connectivity index (χ4n) is 1.28. The number of Topliss-reactive ketones (excluding diaryl/α,β-unsaturated/α-hetero) is 1.